The molecule has 0 heterocycles. The highest BCUT2D eigenvalue weighted by Crippen LogP contribution is 2.10. The van der Waals surface area contributed by atoms with Crippen molar-refractivity contribution in [1.82, 2.24) is 0 Å². The van der Waals surface area contributed by atoms with Gasteiger partial charge in [0.25, 0.3) is 0 Å². The summed E-state index contributed by atoms with van der Waals surface area (Å²) in [7, 11) is 0. The van der Waals surface area contributed by atoms with E-state index in [1.165, 1.54) is 57.8 Å². The van der Waals surface area contributed by atoms with Crippen LogP contribution in [0, 0.1) is 0 Å². The Kier molecular flexibility index (Phi) is 17.7. The van der Waals surface area contributed by atoms with Gasteiger partial charge < -0.3 is 10.8 Å². The number of rotatable bonds is 11. The maximum absolute atomic E-state index is 9.07. The molecule has 0 bridgehead atoms. The topological polar surface area (TPSA) is 46.2 Å². The Balaban J connectivity index is 0. The zero-order valence-corrected chi connectivity index (χ0v) is 11.6. The lowest BCUT2D eigenvalue weighted by Crippen LogP contribution is -1.98. The standard InChI is InChI=1S/C13H29NO.ClH/c1-13(15)11-9-7-5-3-2-4-6-8-10-12-14;/h13,15H,2-12,14H2,1H3;1H. The van der Waals surface area contributed by atoms with Crippen molar-refractivity contribution in [3.05, 3.63) is 0 Å². The fraction of sp³-hybridized carbons (Fsp3) is 1.00. The van der Waals surface area contributed by atoms with Crippen LogP contribution in [0.3, 0.4) is 0 Å². The summed E-state index contributed by atoms with van der Waals surface area (Å²) in [6.07, 6.45) is 12.6. The molecule has 0 spiro atoms. The highest BCUT2D eigenvalue weighted by atomic mass is 35.5. The van der Waals surface area contributed by atoms with Crippen molar-refractivity contribution in [2.24, 2.45) is 5.73 Å². The summed E-state index contributed by atoms with van der Waals surface area (Å²) in [6.45, 7) is 2.72. The molecule has 0 fully saturated rings. The molecule has 0 amide bonds. The van der Waals surface area contributed by atoms with Gasteiger partial charge >= 0.3 is 0 Å². The predicted molar refractivity (Wildman–Crippen MR) is 74.2 cm³/mol. The summed E-state index contributed by atoms with van der Waals surface area (Å²) in [5.41, 5.74) is 5.43. The van der Waals surface area contributed by atoms with Crippen LogP contribution < -0.4 is 5.73 Å². The average molecular weight is 252 g/mol. The van der Waals surface area contributed by atoms with Gasteiger partial charge in [0.2, 0.25) is 0 Å². The second-order valence-corrected chi connectivity index (χ2v) is 4.61. The van der Waals surface area contributed by atoms with E-state index in [0.29, 0.717) is 0 Å². The Morgan fingerprint density at radius 2 is 1.19 bits per heavy atom. The second-order valence-electron chi connectivity index (χ2n) is 4.61. The van der Waals surface area contributed by atoms with E-state index in [-0.39, 0.29) is 18.5 Å². The first-order valence-electron chi connectivity index (χ1n) is 6.65. The molecule has 0 aromatic heterocycles. The predicted octanol–water partition coefficient (Wildman–Crippen LogP) is 3.65. The quantitative estimate of drug-likeness (QED) is 0.551. The molecular formula is C13H30ClNO. The van der Waals surface area contributed by atoms with E-state index in [9.17, 15) is 0 Å². The molecule has 1 unspecified atom stereocenters. The number of hydrogen-bond donors (Lipinski definition) is 2. The molecule has 0 rings (SSSR count). The minimum absolute atomic E-state index is 0. The smallest absolute Gasteiger partial charge is 0.0512 e. The van der Waals surface area contributed by atoms with Crippen molar-refractivity contribution in [1.29, 1.82) is 0 Å². The van der Waals surface area contributed by atoms with Crippen molar-refractivity contribution in [2.45, 2.75) is 77.2 Å². The Morgan fingerprint density at radius 3 is 1.56 bits per heavy atom. The average Bonchev–Trinajstić information content (AvgIpc) is 2.20. The van der Waals surface area contributed by atoms with Crippen molar-refractivity contribution < 1.29 is 5.11 Å². The van der Waals surface area contributed by atoms with E-state index in [0.717, 1.165) is 13.0 Å². The first kappa shape index (κ1) is 18.6. The largest absolute Gasteiger partial charge is 0.393 e. The molecule has 0 radical (unpaired) electrons. The Labute approximate surface area is 107 Å². The molecule has 1 atom stereocenters. The first-order valence-corrected chi connectivity index (χ1v) is 6.65. The maximum atomic E-state index is 9.07. The lowest BCUT2D eigenvalue weighted by Gasteiger charge is -2.04. The molecular weight excluding hydrogens is 222 g/mol. The molecule has 100 valence electrons. The lowest BCUT2D eigenvalue weighted by molar-refractivity contribution is 0.180. The van der Waals surface area contributed by atoms with Gasteiger partial charge in [-0.05, 0) is 26.3 Å². The Hall–Kier alpha value is 0.210. The Bertz CT molecular complexity index is 121. The molecule has 0 aliphatic carbocycles. The Morgan fingerprint density at radius 1 is 0.812 bits per heavy atom. The summed E-state index contributed by atoms with van der Waals surface area (Å²) in [4.78, 5) is 0. The first-order chi connectivity index (χ1) is 7.27. The molecule has 0 aromatic carbocycles. The highest BCUT2D eigenvalue weighted by Gasteiger charge is 1.95. The van der Waals surface area contributed by atoms with Crippen LogP contribution in [0.2, 0.25) is 0 Å². The monoisotopic (exact) mass is 251 g/mol. The third kappa shape index (κ3) is 16.6. The van der Waals surface area contributed by atoms with E-state index >= 15 is 0 Å². The molecule has 0 aromatic rings. The van der Waals surface area contributed by atoms with E-state index in [1.807, 2.05) is 6.92 Å². The van der Waals surface area contributed by atoms with Crippen LogP contribution in [0.4, 0.5) is 0 Å². The number of hydrogen-bond acceptors (Lipinski definition) is 2. The van der Waals surface area contributed by atoms with Gasteiger partial charge in [0.1, 0.15) is 0 Å². The van der Waals surface area contributed by atoms with E-state index < -0.39 is 0 Å². The number of nitrogens with two attached hydrogens (primary N) is 1. The molecule has 0 saturated heterocycles. The third-order valence-corrected chi connectivity index (χ3v) is 2.83. The van der Waals surface area contributed by atoms with Crippen molar-refractivity contribution in [2.75, 3.05) is 6.54 Å². The number of halogens is 1. The van der Waals surface area contributed by atoms with E-state index in [2.05, 4.69) is 0 Å². The molecule has 16 heavy (non-hydrogen) atoms. The van der Waals surface area contributed by atoms with E-state index in [4.69, 9.17) is 10.8 Å². The van der Waals surface area contributed by atoms with Gasteiger partial charge in [0.15, 0.2) is 0 Å². The number of aliphatic hydroxyl groups is 1. The van der Waals surface area contributed by atoms with Crippen molar-refractivity contribution in [3.63, 3.8) is 0 Å². The van der Waals surface area contributed by atoms with Gasteiger partial charge in [-0.25, -0.2) is 0 Å². The maximum Gasteiger partial charge on any atom is 0.0512 e. The minimum atomic E-state index is -0.110. The van der Waals surface area contributed by atoms with Crippen LogP contribution in [-0.2, 0) is 0 Å². The highest BCUT2D eigenvalue weighted by molar-refractivity contribution is 5.85. The summed E-state index contributed by atoms with van der Waals surface area (Å²) < 4.78 is 0. The molecule has 0 saturated carbocycles. The SMILES string of the molecule is CC(O)CCCCCCCCCCCN.Cl. The van der Waals surface area contributed by atoms with Crippen LogP contribution in [-0.4, -0.2) is 17.8 Å². The van der Waals surface area contributed by atoms with Gasteiger partial charge in [0.05, 0.1) is 6.10 Å². The van der Waals surface area contributed by atoms with Gasteiger partial charge in [0, 0.05) is 0 Å². The number of aliphatic hydroxyl groups excluding tert-OH is 1. The molecule has 2 nitrogen and oxygen atoms in total. The van der Waals surface area contributed by atoms with Gasteiger partial charge in [-0.1, -0.05) is 51.4 Å². The fourth-order valence-electron chi connectivity index (χ4n) is 1.82. The van der Waals surface area contributed by atoms with Crippen LogP contribution in [0.5, 0.6) is 0 Å². The molecule has 0 aliphatic heterocycles. The summed E-state index contributed by atoms with van der Waals surface area (Å²) >= 11 is 0. The molecule has 0 aliphatic rings. The molecule has 3 N–H and O–H groups in total. The van der Waals surface area contributed by atoms with Crippen LogP contribution >= 0.6 is 12.4 Å². The van der Waals surface area contributed by atoms with Crippen LogP contribution in [0.15, 0.2) is 0 Å². The van der Waals surface area contributed by atoms with Crippen molar-refractivity contribution in [3.8, 4) is 0 Å². The van der Waals surface area contributed by atoms with Gasteiger partial charge in [-0.3, -0.25) is 0 Å². The summed E-state index contributed by atoms with van der Waals surface area (Å²) in [6, 6.07) is 0. The fourth-order valence-corrected chi connectivity index (χ4v) is 1.82. The van der Waals surface area contributed by atoms with Gasteiger partial charge in [-0.2, -0.15) is 0 Å². The zero-order chi connectivity index (χ0) is 11.4. The van der Waals surface area contributed by atoms with Crippen LogP contribution in [0.25, 0.3) is 0 Å². The minimum Gasteiger partial charge on any atom is -0.393 e. The van der Waals surface area contributed by atoms with Crippen molar-refractivity contribution >= 4 is 12.4 Å². The lowest BCUT2D eigenvalue weighted by atomic mass is 10.1. The van der Waals surface area contributed by atoms with Crippen LogP contribution in [0.1, 0.15) is 71.1 Å². The normalized spacial score (nSPS) is 12.2. The molecule has 3 heteroatoms. The van der Waals surface area contributed by atoms with E-state index in [1.54, 1.807) is 0 Å². The summed E-state index contributed by atoms with van der Waals surface area (Å²) in [5.74, 6) is 0. The zero-order valence-electron chi connectivity index (χ0n) is 10.8. The second kappa shape index (κ2) is 15.2. The summed E-state index contributed by atoms with van der Waals surface area (Å²) in [5, 5.41) is 9.07. The number of unbranched alkanes of at least 4 members (excludes halogenated alkanes) is 8. The third-order valence-electron chi connectivity index (χ3n) is 2.83. The van der Waals surface area contributed by atoms with Gasteiger partial charge in [-0.15, -0.1) is 12.4 Å².